The molecule has 0 aliphatic rings. The van der Waals surface area contributed by atoms with Gasteiger partial charge in [-0.25, -0.2) is 9.37 Å². The first kappa shape index (κ1) is 13.4. The summed E-state index contributed by atoms with van der Waals surface area (Å²) in [5.74, 6) is -0.00907. The number of nitrogens with two attached hydrogens (primary N) is 1. The molecule has 3 nitrogen and oxygen atoms in total. The number of pyridine rings is 1. The number of anilines is 3. The SMILES string of the molecule is Nc1cc(Cl)nc(Nc2c(Cl)cc(F)cc2Br)c1. The molecule has 0 unspecified atom stereocenters. The first-order valence-corrected chi connectivity index (χ1v) is 6.35. The lowest BCUT2D eigenvalue weighted by atomic mass is 10.3. The Morgan fingerprint density at radius 1 is 1.22 bits per heavy atom. The molecule has 0 bridgehead atoms. The molecule has 1 heterocycles. The molecule has 0 radical (unpaired) electrons. The van der Waals surface area contributed by atoms with Crippen molar-refractivity contribution in [2.75, 3.05) is 11.1 Å². The van der Waals surface area contributed by atoms with Crippen LogP contribution in [0.1, 0.15) is 0 Å². The fraction of sp³-hybridized carbons (Fsp3) is 0. The summed E-state index contributed by atoms with van der Waals surface area (Å²) in [6.45, 7) is 0. The van der Waals surface area contributed by atoms with Crippen molar-refractivity contribution in [3.8, 4) is 0 Å². The Morgan fingerprint density at radius 2 is 1.94 bits per heavy atom. The molecule has 1 aromatic heterocycles. The lowest BCUT2D eigenvalue weighted by Crippen LogP contribution is -1.98. The third-order valence-electron chi connectivity index (χ3n) is 2.08. The van der Waals surface area contributed by atoms with Crippen LogP contribution >= 0.6 is 39.1 Å². The molecule has 94 valence electrons. The van der Waals surface area contributed by atoms with Gasteiger partial charge < -0.3 is 11.1 Å². The number of halogens is 4. The Kier molecular flexibility index (Phi) is 3.94. The number of benzene rings is 1. The third kappa shape index (κ3) is 3.04. The molecular formula is C11H7BrCl2FN3. The van der Waals surface area contributed by atoms with Gasteiger partial charge in [0.1, 0.15) is 16.8 Å². The van der Waals surface area contributed by atoms with E-state index in [1.165, 1.54) is 18.2 Å². The van der Waals surface area contributed by atoms with Gasteiger partial charge >= 0.3 is 0 Å². The fourth-order valence-corrected chi connectivity index (χ4v) is 2.49. The molecule has 3 N–H and O–H groups in total. The Labute approximate surface area is 121 Å². The molecule has 0 atom stereocenters. The van der Waals surface area contributed by atoms with Crippen LogP contribution in [0, 0.1) is 5.82 Å². The van der Waals surface area contributed by atoms with E-state index in [9.17, 15) is 4.39 Å². The molecule has 7 heteroatoms. The van der Waals surface area contributed by atoms with E-state index >= 15 is 0 Å². The summed E-state index contributed by atoms with van der Waals surface area (Å²) in [5.41, 5.74) is 6.60. The summed E-state index contributed by atoms with van der Waals surface area (Å²) in [7, 11) is 0. The highest BCUT2D eigenvalue weighted by Gasteiger charge is 2.09. The van der Waals surface area contributed by atoms with E-state index in [1.54, 1.807) is 6.07 Å². The van der Waals surface area contributed by atoms with E-state index in [-0.39, 0.29) is 10.2 Å². The smallest absolute Gasteiger partial charge is 0.134 e. The summed E-state index contributed by atoms with van der Waals surface area (Å²) >= 11 is 14.9. The molecule has 18 heavy (non-hydrogen) atoms. The molecule has 0 spiro atoms. The van der Waals surface area contributed by atoms with E-state index in [2.05, 4.69) is 26.2 Å². The van der Waals surface area contributed by atoms with Gasteiger partial charge in [0, 0.05) is 16.2 Å². The molecule has 0 saturated heterocycles. The number of nitrogen functional groups attached to an aromatic ring is 1. The van der Waals surface area contributed by atoms with Crippen molar-refractivity contribution in [1.82, 2.24) is 4.98 Å². The molecule has 0 aliphatic carbocycles. The van der Waals surface area contributed by atoms with Crippen molar-refractivity contribution >= 4 is 56.3 Å². The van der Waals surface area contributed by atoms with Crippen LogP contribution in [0.4, 0.5) is 21.6 Å². The first-order chi connectivity index (χ1) is 8.45. The Balaban J connectivity index is 2.40. The van der Waals surface area contributed by atoms with Gasteiger partial charge in [0.15, 0.2) is 0 Å². The zero-order valence-corrected chi connectivity index (χ0v) is 11.9. The number of nitrogens with one attached hydrogen (secondary N) is 1. The largest absolute Gasteiger partial charge is 0.399 e. The number of hydrogen-bond acceptors (Lipinski definition) is 3. The first-order valence-electron chi connectivity index (χ1n) is 4.80. The predicted octanol–water partition coefficient (Wildman–Crippen LogP) is 4.62. The van der Waals surface area contributed by atoms with Crippen LogP contribution in [0.3, 0.4) is 0 Å². The van der Waals surface area contributed by atoms with Gasteiger partial charge in [0.05, 0.1) is 10.7 Å². The van der Waals surface area contributed by atoms with E-state index in [0.29, 0.717) is 21.7 Å². The third-order valence-corrected chi connectivity index (χ3v) is 3.19. The fourth-order valence-electron chi connectivity index (χ4n) is 1.37. The highest BCUT2D eigenvalue weighted by atomic mass is 79.9. The molecule has 0 aliphatic heterocycles. The van der Waals surface area contributed by atoms with E-state index in [0.717, 1.165) is 0 Å². The topological polar surface area (TPSA) is 50.9 Å². The highest BCUT2D eigenvalue weighted by Crippen LogP contribution is 2.34. The summed E-state index contributed by atoms with van der Waals surface area (Å²) in [4.78, 5) is 4.04. The van der Waals surface area contributed by atoms with Crippen LogP contribution < -0.4 is 11.1 Å². The van der Waals surface area contributed by atoms with Crippen LogP contribution in [0.25, 0.3) is 0 Å². The average Bonchev–Trinajstić information content (AvgIpc) is 2.22. The lowest BCUT2D eigenvalue weighted by Gasteiger charge is -2.10. The normalized spacial score (nSPS) is 10.4. The number of hydrogen-bond donors (Lipinski definition) is 2. The maximum Gasteiger partial charge on any atom is 0.134 e. The minimum absolute atomic E-state index is 0.224. The zero-order valence-electron chi connectivity index (χ0n) is 8.85. The van der Waals surface area contributed by atoms with Gasteiger partial charge in [-0.15, -0.1) is 0 Å². The van der Waals surface area contributed by atoms with Crippen LogP contribution in [0.5, 0.6) is 0 Å². The maximum absolute atomic E-state index is 13.1. The Hall–Kier alpha value is -1.04. The molecule has 2 rings (SSSR count). The number of nitrogens with zero attached hydrogens (tertiary/aromatic N) is 1. The standard InChI is InChI=1S/C11H7BrCl2FN3/c12-7-1-5(15)2-8(13)11(7)18-10-4-6(16)3-9(14)17-10/h1-4H,(H3,16,17,18). The monoisotopic (exact) mass is 349 g/mol. The minimum Gasteiger partial charge on any atom is -0.399 e. The maximum atomic E-state index is 13.1. The Bertz CT molecular complexity index is 564. The molecule has 0 amide bonds. The minimum atomic E-state index is -0.434. The number of rotatable bonds is 2. The summed E-state index contributed by atoms with van der Waals surface area (Å²) in [6, 6.07) is 5.61. The van der Waals surface area contributed by atoms with E-state index in [1.807, 2.05) is 0 Å². The number of aromatic nitrogens is 1. The molecule has 0 fully saturated rings. The van der Waals surface area contributed by atoms with Crippen molar-refractivity contribution < 1.29 is 4.39 Å². The van der Waals surface area contributed by atoms with Crippen molar-refractivity contribution in [1.29, 1.82) is 0 Å². The van der Waals surface area contributed by atoms with Gasteiger partial charge in [-0.05, 0) is 34.1 Å². The van der Waals surface area contributed by atoms with Crippen LogP contribution in [0.15, 0.2) is 28.7 Å². The van der Waals surface area contributed by atoms with Crippen molar-refractivity contribution in [3.63, 3.8) is 0 Å². The molecule has 0 saturated carbocycles. The lowest BCUT2D eigenvalue weighted by molar-refractivity contribution is 0.627. The van der Waals surface area contributed by atoms with Gasteiger partial charge in [-0.2, -0.15) is 0 Å². The average molecular weight is 351 g/mol. The van der Waals surface area contributed by atoms with E-state index < -0.39 is 5.82 Å². The quantitative estimate of drug-likeness (QED) is 0.777. The second-order valence-corrected chi connectivity index (χ2v) is 5.13. The van der Waals surface area contributed by atoms with Crippen molar-refractivity contribution in [2.24, 2.45) is 0 Å². The van der Waals surface area contributed by atoms with Crippen LogP contribution in [0.2, 0.25) is 10.2 Å². The zero-order chi connectivity index (χ0) is 13.3. The van der Waals surface area contributed by atoms with E-state index in [4.69, 9.17) is 28.9 Å². The van der Waals surface area contributed by atoms with Gasteiger partial charge in [-0.3, -0.25) is 0 Å². The van der Waals surface area contributed by atoms with Crippen LogP contribution in [-0.2, 0) is 0 Å². The van der Waals surface area contributed by atoms with Gasteiger partial charge in [0.25, 0.3) is 0 Å². The molecule has 1 aromatic carbocycles. The molecule has 2 aromatic rings. The van der Waals surface area contributed by atoms with Crippen molar-refractivity contribution in [3.05, 3.63) is 44.7 Å². The van der Waals surface area contributed by atoms with Crippen LogP contribution in [-0.4, -0.2) is 4.98 Å². The van der Waals surface area contributed by atoms with Crippen molar-refractivity contribution in [2.45, 2.75) is 0 Å². The second kappa shape index (κ2) is 5.30. The predicted molar refractivity (Wildman–Crippen MR) is 76.1 cm³/mol. The summed E-state index contributed by atoms with van der Waals surface area (Å²) in [5, 5.41) is 3.41. The Morgan fingerprint density at radius 3 is 2.56 bits per heavy atom. The summed E-state index contributed by atoms with van der Waals surface area (Å²) in [6.07, 6.45) is 0. The summed E-state index contributed by atoms with van der Waals surface area (Å²) < 4.78 is 13.6. The highest BCUT2D eigenvalue weighted by molar-refractivity contribution is 9.10. The molecular weight excluding hydrogens is 344 g/mol. The van der Waals surface area contributed by atoms with Gasteiger partial charge in [0.2, 0.25) is 0 Å². The van der Waals surface area contributed by atoms with Gasteiger partial charge in [-0.1, -0.05) is 23.2 Å². The second-order valence-electron chi connectivity index (χ2n) is 3.48.